The molecule has 0 unspecified atom stereocenters. The number of benzene rings is 4. The second kappa shape index (κ2) is 8.60. The number of aromatic nitrogens is 2. The van der Waals surface area contributed by atoms with E-state index in [-0.39, 0.29) is 22.4 Å². The van der Waals surface area contributed by atoms with Gasteiger partial charge in [-0.15, -0.1) is 82.9 Å². The summed E-state index contributed by atoms with van der Waals surface area (Å²) in [5.74, 6) is 0. The maximum Gasteiger partial charge on any atom is 3.00 e. The van der Waals surface area contributed by atoms with Crippen molar-refractivity contribution in [2.45, 2.75) is 0 Å². The predicted molar refractivity (Wildman–Crippen MR) is 127 cm³/mol. The Kier molecular flexibility index (Phi) is 5.50. The molecule has 0 radical (unpaired) electrons. The van der Waals surface area contributed by atoms with E-state index in [0.717, 1.165) is 55.4 Å². The third kappa shape index (κ3) is 3.49. The molecule has 0 saturated carbocycles. The number of hydrogen-bond donors (Lipinski definition) is 0. The first kappa shape index (κ1) is 20.5. The molecule has 0 aliphatic carbocycles. The molecule has 6 rings (SSSR count). The zero-order chi connectivity index (χ0) is 20.6. The van der Waals surface area contributed by atoms with Crippen molar-refractivity contribution in [1.29, 1.82) is 0 Å². The zero-order valence-electron chi connectivity index (χ0n) is 17.0. The Morgan fingerprint density at radius 1 is 0.531 bits per heavy atom. The SMILES string of the molecule is [Au+3].[c-]1ccccc1-c1cccc(-c2cccc3c2[n-]c2c(-c4[c-]cccc4)cccc23)n1. The first-order chi connectivity index (χ1) is 15.4. The van der Waals surface area contributed by atoms with Gasteiger partial charge in [-0.1, -0.05) is 48.5 Å². The van der Waals surface area contributed by atoms with Crippen molar-refractivity contribution in [1.82, 2.24) is 9.97 Å². The fraction of sp³-hybridized carbons (Fsp3) is 0. The van der Waals surface area contributed by atoms with Gasteiger partial charge in [0.2, 0.25) is 0 Å². The molecule has 0 spiro atoms. The molecule has 0 amide bonds. The van der Waals surface area contributed by atoms with E-state index < -0.39 is 0 Å². The predicted octanol–water partition coefficient (Wildman–Crippen LogP) is 6.94. The van der Waals surface area contributed by atoms with Crippen LogP contribution in [-0.4, -0.2) is 4.98 Å². The van der Waals surface area contributed by atoms with Crippen LogP contribution in [-0.2, 0) is 22.4 Å². The minimum absolute atomic E-state index is 0. The van der Waals surface area contributed by atoms with Crippen LogP contribution in [0.2, 0.25) is 0 Å². The first-order valence-corrected chi connectivity index (χ1v) is 10.3. The topological polar surface area (TPSA) is 27.0 Å². The molecule has 2 heterocycles. The third-order valence-electron chi connectivity index (χ3n) is 5.60. The van der Waals surface area contributed by atoms with E-state index in [9.17, 15) is 0 Å². The molecule has 32 heavy (non-hydrogen) atoms. The van der Waals surface area contributed by atoms with Gasteiger partial charge in [0, 0.05) is 0 Å². The zero-order valence-corrected chi connectivity index (χ0v) is 19.2. The Morgan fingerprint density at radius 2 is 1.12 bits per heavy atom. The fourth-order valence-corrected chi connectivity index (χ4v) is 4.15. The number of rotatable bonds is 3. The van der Waals surface area contributed by atoms with Crippen LogP contribution in [0.25, 0.3) is 55.4 Å². The number of nitrogens with zero attached hydrogens (tertiary/aromatic N) is 2. The minimum Gasteiger partial charge on any atom is -0.664 e. The minimum atomic E-state index is 0. The normalized spacial score (nSPS) is 10.9. The summed E-state index contributed by atoms with van der Waals surface area (Å²) in [6.45, 7) is 0. The van der Waals surface area contributed by atoms with E-state index in [1.807, 2.05) is 60.7 Å². The smallest absolute Gasteiger partial charge is 0.664 e. The van der Waals surface area contributed by atoms with Crippen molar-refractivity contribution < 1.29 is 22.4 Å². The summed E-state index contributed by atoms with van der Waals surface area (Å²) in [6, 6.07) is 41.4. The Hall–Kier alpha value is -3.43. The molecule has 0 aliphatic rings. The van der Waals surface area contributed by atoms with Crippen molar-refractivity contribution >= 4 is 21.8 Å². The Balaban J connectivity index is 0.00000216. The number of hydrogen-bond acceptors (Lipinski definition) is 1. The molecule has 0 fully saturated rings. The van der Waals surface area contributed by atoms with Crippen LogP contribution in [0.4, 0.5) is 0 Å². The Bertz CT molecular complexity index is 1520. The molecule has 6 aromatic rings. The molecule has 4 aromatic carbocycles. The molecule has 0 aliphatic heterocycles. The number of fused-ring (bicyclic) bond motifs is 3. The van der Waals surface area contributed by atoms with Gasteiger partial charge in [0.15, 0.2) is 0 Å². The summed E-state index contributed by atoms with van der Waals surface area (Å²) < 4.78 is 0. The van der Waals surface area contributed by atoms with Crippen molar-refractivity contribution in [3.63, 3.8) is 0 Å². The first-order valence-electron chi connectivity index (χ1n) is 10.3. The van der Waals surface area contributed by atoms with Gasteiger partial charge >= 0.3 is 22.4 Å². The number of para-hydroxylation sites is 2. The van der Waals surface area contributed by atoms with Gasteiger partial charge in [-0.05, 0) is 28.1 Å². The van der Waals surface area contributed by atoms with Gasteiger partial charge in [0.25, 0.3) is 0 Å². The summed E-state index contributed by atoms with van der Waals surface area (Å²) in [4.78, 5) is 10.0. The van der Waals surface area contributed by atoms with Gasteiger partial charge in [0.05, 0.1) is 5.69 Å². The standard InChI is InChI=1S/C29H17N2.Au/c1-3-10-20(11-4-1)22-14-7-15-23-24-16-8-17-25(29(24)31-28(22)23)27-19-9-18-26(30-27)21-12-5-2-6-13-21;/h1-10,12,14-19H;/q-3;+3. The summed E-state index contributed by atoms with van der Waals surface area (Å²) in [6.07, 6.45) is 0. The molecule has 0 atom stereocenters. The van der Waals surface area contributed by atoms with E-state index in [0.29, 0.717) is 0 Å². The maximum atomic E-state index is 5.10. The van der Waals surface area contributed by atoms with Crippen LogP contribution < -0.4 is 4.98 Å². The molecule has 0 bridgehead atoms. The van der Waals surface area contributed by atoms with Crippen LogP contribution in [0.1, 0.15) is 0 Å². The second-order valence-electron chi connectivity index (χ2n) is 7.48. The maximum absolute atomic E-state index is 5.10. The van der Waals surface area contributed by atoms with E-state index in [1.165, 1.54) is 0 Å². The summed E-state index contributed by atoms with van der Waals surface area (Å²) in [5, 5.41) is 2.29. The Morgan fingerprint density at radius 3 is 1.81 bits per heavy atom. The van der Waals surface area contributed by atoms with Crippen LogP contribution in [0, 0.1) is 12.1 Å². The molecule has 0 saturated heterocycles. The average molecular weight is 590 g/mol. The van der Waals surface area contributed by atoms with Crippen molar-refractivity contribution in [2.75, 3.05) is 0 Å². The van der Waals surface area contributed by atoms with Crippen molar-refractivity contribution in [3.8, 4) is 33.6 Å². The molecule has 3 heteroatoms. The van der Waals surface area contributed by atoms with E-state index in [4.69, 9.17) is 9.97 Å². The van der Waals surface area contributed by atoms with Gasteiger partial charge in [-0.25, -0.2) is 0 Å². The molecule has 2 nitrogen and oxygen atoms in total. The van der Waals surface area contributed by atoms with Gasteiger partial charge < -0.3 is 4.98 Å². The second-order valence-corrected chi connectivity index (χ2v) is 7.48. The Labute approximate surface area is 202 Å². The van der Waals surface area contributed by atoms with Gasteiger partial charge in [-0.2, -0.15) is 5.52 Å². The van der Waals surface area contributed by atoms with E-state index in [2.05, 4.69) is 54.6 Å². The molecular weight excluding hydrogens is 573 g/mol. The van der Waals surface area contributed by atoms with Crippen LogP contribution in [0.15, 0.2) is 103 Å². The van der Waals surface area contributed by atoms with Gasteiger partial charge in [-0.3, -0.25) is 4.98 Å². The number of pyridine rings is 1. The van der Waals surface area contributed by atoms with Crippen LogP contribution in [0.5, 0.6) is 0 Å². The van der Waals surface area contributed by atoms with E-state index in [1.54, 1.807) is 0 Å². The largest absolute Gasteiger partial charge is 3.00 e. The molecule has 2 aromatic heterocycles. The average Bonchev–Trinajstić information content (AvgIpc) is 3.24. The summed E-state index contributed by atoms with van der Waals surface area (Å²) >= 11 is 0. The van der Waals surface area contributed by atoms with Crippen LogP contribution >= 0.6 is 0 Å². The van der Waals surface area contributed by atoms with Crippen LogP contribution in [0.3, 0.4) is 0 Å². The summed E-state index contributed by atoms with van der Waals surface area (Å²) in [5.41, 5.74) is 7.97. The molecule has 154 valence electrons. The monoisotopic (exact) mass is 590 g/mol. The van der Waals surface area contributed by atoms with Crippen molar-refractivity contribution in [2.24, 2.45) is 0 Å². The summed E-state index contributed by atoms with van der Waals surface area (Å²) in [7, 11) is 0. The van der Waals surface area contributed by atoms with Gasteiger partial charge in [0.1, 0.15) is 0 Å². The molecule has 0 N–H and O–H groups in total. The fourth-order valence-electron chi connectivity index (χ4n) is 4.15. The molecular formula is C29H17AuN2. The third-order valence-corrected chi connectivity index (χ3v) is 5.60. The van der Waals surface area contributed by atoms with Crippen molar-refractivity contribution in [3.05, 3.63) is 115 Å². The quantitative estimate of drug-likeness (QED) is 0.165. The van der Waals surface area contributed by atoms with E-state index >= 15 is 0 Å².